The second kappa shape index (κ2) is 4.79. The van der Waals surface area contributed by atoms with Crippen LogP contribution in [0.15, 0.2) is 24.3 Å². The number of nitriles is 1. The summed E-state index contributed by atoms with van der Waals surface area (Å²) in [7, 11) is 1.68. The average Bonchev–Trinajstić information content (AvgIpc) is 2.72. The van der Waals surface area contributed by atoms with Gasteiger partial charge in [-0.3, -0.25) is 0 Å². The highest BCUT2D eigenvalue weighted by Gasteiger charge is 2.37. The molecule has 1 aliphatic rings. The van der Waals surface area contributed by atoms with Gasteiger partial charge >= 0.3 is 0 Å². The first-order valence-corrected chi connectivity index (χ1v) is 6.22. The average molecular weight is 229 g/mol. The van der Waals surface area contributed by atoms with E-state index < -0.39 is 0 Å². The predicted molar refractivity (Wildman–Crippen MR) is 67.8 cm³/mol. The number of nitrogens with zero attached hydrogens (tertiary/aromatic N) is 1. The van der Waals surface area contributed by atoms with Crippen LogP contribution in [0.4, 0.5) is 0 Å². The third kappa shape index (κ3) is 2.61. The predicted octanol–water partition coefficient (Wildman–Crippen LogP) is 3.57. The number of hydrogen-bond donors (Lipinski definition) is 0. The molecule has 2 unspecified atom stereocenters. The van der Waals surface area contributed by atoms with Gasteiger partial charge in [0.25, 0.3) is 0 Å². The molecule has 1 aliphatic carbocycles. The number of methoxy groups -OCH3 is 1. The van der Waals surface area contributed by atoms with Gasteiger partial charge in [0.15, 0.2) is 0 Å². The highest BCUT2D eigenvalue weighted by atomic mass is 16.5. The molecule has 0 aromatic heterocycles. The number of ether oxygens (including phenoxy) is 1. The molecule has 2 heteroatoms. The Labute approximate surface area is 103 Å². The number of hydrogen-bond acceptors (Lipinski definition) is 2. The zero-order valence-electron chi connectivity index (χ0n) is 10.6. The van der Waals surface area contributed by atoms with Crippen LogP contribution in [0.2, 0.25) is 0 Å². The van der Waals surface area contributed by atoms with Crippen molar-refractivity contribution < 1.29 is 4.74 Å². The Morgan fingerprint density at radius 1 is 1.53 bits per heavy atom. The van der Waals surface area contributed by atoms with Crippen LogP contribution in [-0.2, 0) is 6.42 Å². The van der Waals surface area contributed by atoms with E-state index in [1.165, 1.54) is 12.0 Å². The van der Waals surface area contributed by atoms with Crippen molar-refractivity contribution in [3.8, 4) is 11.8 Å². The van der Waals surface area contributed by atoms with Crippen LogP contribution < -0.4 is 4.74 Å². The van der Waals surface area contributed by atoms with Crippen LogP contribution in [0.1, 0.15) is 31.7 Å². The lowest BCUT2D eigenvalue weighted by atomic mass is 9.81. The van der Waals surface area contributed by atoms with Gasteiger partial charge in [-0.05, 0) is 49.3 Å². The molecule has 2 rings (SSSR count). The van der Waals surface area contributed by atoms with Gasteiger partial charge in [0.1, 0.15) is 5.75 Å². The van der Waals surface area contributed by atoms with Crippen molar-refractivity contribution in [2.45, 2.75) is 32.6 Å². The lowest BCUT2D eigenvalue weighted by Crippen LogP contribution is -2.17. The Balaban J connectivity index is 2.16. The Bertz CT molecular complexity index is 435. The fraction of sp³-hybridized carbons (Fsp3) is 0.533. The molecule has 2 nitrogen and oxygen atoms in total. The van der Waals surface area contributed by atoms with Gasteiger partial charge in [-0.1, -0.05) is 19.1 Å². The Morgan fingerprint density at radius 2 is 2.35 bits per heavy atom. The minimum Gasteiger partial charge on any atom is -0.497 e. The Morgan fingerprint density at radius 3 is 2.94 bits per heavy atom. The summed E-state index contributed by atoms with van der Waals surface area (Å²) in [5, 5.41) is 9.44. The van der Waals surface area contributed by atoms with Gasteiger partial charge in [0, 0.05) is 0 Å². The standard InChI is InChI=1S/C15H19NO/c1-12-6-7-15(9-12,11-16)10-13-4-3-5-14(8-13)17-2/h3-5,8,12H,6-7,9-10H2,1-2H3. The third-order valence-corrected chi connectivity index (χ3v) is 3.77. The van der Waals surface area contributed by atoms with Crippen LogP contribution in [0.3, 0.4) is 0 Å². The first kappa shape index (κ1) is 12.0. The minimum absolute atomic E-state index is 0.147. The van der Waals surface area contributed by atoms with E-state index in [1.54, 1.807) is 7.11 Å². The number of rotatable bonds is 3. The SMILES string of the molecule is COc1cccc(CC2(C#N)CCC(C)C2)c1. The Kier molecular flexibility index (Phi) is 3.38. The molecule has 0 amide bonds. The van der Waals surface area contributed by atoms with Crippen LogP contribution in [-0.4, -0.2) is 7.11 Å². The largest absolute Gasteiger partial charge is 0.497 e. The summed E-state index contributed by atoms with van der Waals surface area (Å²) in [5.41, 5.74) is 1.06. The lowest BCUT2D eigenvalue weighted by molar-refractivity contribution is 0.387. The highest BCUT2D eigenvalue weighted by Crippen LogP contribution is 2.43. The van der Waals surface area contributed by atoms with Crippen molar-refractivity contribution in [1.82, 2.24) is 0 Å². The summed E-state index contributed by atoms with van der Waals surface area (Å²) in [5.74, 6) is 1.56. The van der Waals surface area contributed by atoms with Gasteiger partial charge in [-0.15, -0.1) is 0 Å². The van der Waals surface area contributed by atoms with Crippen molar-refractivity contribution in [2.75, 3.05) is 7.11 Å². The zero-order chi connectivity index (χ0) is 12.3. The van der Waals surface area contributed by atoms with E-state index in [0.717, 1.165) is 25.0 Å². The molecule has 1 aromatic rings. The van der Waals surface area contributed by atoms with Gasteiger partial charge in [-0.2, -0.15) is 5.26 Å². The zero-order valence-corrected chi connectivity index (χ0v) is 10.6. The van der Waals surface area contributed by atoms with Crippen LogP contribution in [0.25, 0.3) is 0 Å². The molecule has 2 atom stereocenters. The molecule has 0 N–H and O–H groups in total. The summed E-state index contributed by atoms with van der Waals surface area (Å²) >= 11 is 0. The maximum Gasteiger partial charge on any atom is 0.119 e. The topological polar surface area (TPSA) is 33.0 Å². The molecule has 17 heavy (non-hydrogen) atoms. The molecule has 0 bridgehead atoms. The third-order valence-electron chi connectivity index (χ3n) is 3.77. The molecule has 1 saturated carbocycles. The fourth-order valence-electron chi connectivity index (χ4n) is 2.87. The van der Waals surface area contributed by atoms with Crippen molar-refractivity contribution >= 4 is 0 Å². The second-order valence-corrected chi connectivity index (χ2v) is 5.27. The molecular formula is C15H19NO. The molecule has 1 fully saturated rings. The van der Waals surface area contributed by atoms with E-state index in [0.29, 0.717) is 5.92 Å². The number of benzene rings is 1. The van der Waals surface area contributed by atoms with Crippen LogP contribution in [0, 0.1) is 22.7 Å². The quantitative estimate of drug-likeness (QED) is 0.793. The fourth-order valence-corrected chi connectivity index (χ4v) is 2.87. The van der Waals surface area contributed by atoms with Crippen molar-refractivity contribution in [3.05, 3.63) is 29.8 Å². The van der Waals surface area contributed by atoms with E-state index in [-0.39, 0.29) is 5.41 Å². The smallest absolute Gasteiger partial charge is 0.119 e. The molecule has 0 aliphatic heterocycles. The lowest BCUT2D eigenvalue weighted by Gasteiger charge is -2.20. The molecule has 0 spiro atoms. The minimum atomic E-state index is -0.147. The second-order valence-electron chi connectivity index (χ2n) is 5.27. The van der Waals surface area contributed by atoms with Gasteiger partial charge in [-0.25, -0.2) is 0 Å². The van der Waals surface area contributed by atoms with E-state index in [9.17, 15) is 5.26 Å². The maximum atomic E-state index is 9.44. The molecule has 0 heterocycles. The summed E-state index contributed by atoms with van der Waals surface area (Å²) in [6.07, 6.45) is 4.09. The normalized spacial score (nSPS) is 27.7. The van der Waals surface area contributed by atoms with Crippen molar-refractivity contribution in [2.24, 2.45) is 11.3 Å². The monoisotopic (exact) mass is 229 g/mol. The van der Waals surface area contributed by atoms with Gasteiger partial charge in [0.2, 0.25) is 0 Å². The van der Waals surface area contributed by atoms with Crippen LogP contribution >= 0.6 is 0 Å². The molecule has 90 valence electrons. The van der Waals surface area contributed by atoms with E-state index >= 15 is 0 Å². The molecule has 0 saturated heterocycles. The van der Waals surface area contributed by atoms with Gasteiger partial charge < -0.3 is 4.74 Å². The molecule has 1 aromatic carbocycles. The first-order chi connectivity index (χ1) is 8.17. The summed E-state index contributed by atoms with van der Waals surface area (Å²) < 4.78 is 5.22. The summed E-state index contributed by atoms with van der Waals surface area (Å²) in [6.45, 7) is 2.24. The summed E-state index contributed by atoms with van der Waals surface area (Å²) in [6, 6.07) is 10.6. The molecular weight excluding hydrogens is 210 g/mol. The maximum absolute atomic E-state index is 9.44. The van der Waals surface area contributed by atoms with Crippen molar-refractivity contribution in [3.63, 3.8) is 0 Å². The van der Waals surface area contributed by atoms with Crippen LogP contribution in [0.5, 0.6) is 5.75 Å². The molecule has 0 radical (unpaired) electrons. The van der Waals surface area contributed by atoms with Gasteiger partial charge in [0.05, 0.1) is 18.6 Å². The van der Waals surface area contributed by atoms with E-state index in [4.69, 9.17) is 4.74 Å². The Hall–Kier alpha value is -1.49. The van der Waals surface area contributed by atoms with E-state index in [1.807, 2.05) is 18.2 Å². The summed E-state index contributed by atoms with van der Waals surface area (Å²) in [4.78, 5) is 0. The van der Waals surface area contributed by atoms with E-state index in [2.05, 4.69) is 19.1 Å². The highest BCUT2D eigenvalue weighted by molar-refractivity contribution is 5.30. The first-order valence-electron chi connectivity index (χ1n) is 6.22. The van der Waals surface area contributed by atoms with Crippen molar-refractivity contribution in [1.29, 1.82) is 5.26 Å².